The number of nitrogens with zero attached hydrogens (tertiary/aromatic N) is 3. The number of nitro benzene ring substituents is 1. The van der Waals surface area contributed by atoms with Crippen LogP contribution in [0.3, 0.4) is 0 Å². The molecule has 0 aliphatic carbocycles. The highest BCUT2D eigenvalue weighted by molar-refractivity contribution is 5.90. The van der Waals surface area contributed by atoms with Gasteiger partial charge in [-0.3, -0.25) is 10.1 Å². The zero-order valence-corrected chi connectivity index (χ0v) is 11.2. The second kappa shape index (κ2) is 6.21. The molecule has 0 spiro atoms. The van der Waals surface area contributed by atoms with Crippen molar-refractivity contribution in [2.45, 2.75) is 0 Å². The first-order chi connectivity index (χ1) is 10.5. The highest BCUT2D eigenvalue weighted by Crippen LogP contribution is 2.28. The molecule has 0 radical (unpaired) electrons. The summed E-state index contributed by atoms with van der Waals surface area (Å²) in [7, 11) is 0. The molecule has 0 amide bonds. The number of hydrogen-bond donors (Lipinski definition) is 1. The summed E-state index contributed by atoms with van der Waals surface area (Å²) in [6.45, 7) is 0. The molecule has 6 nitrogen and oxygen atoms in total. The lowest BCUT2D eigenvalue weighted by Gasteiger charge is -2.01. The van der Waals surface area contributed by atoms with E-state index in [9.17, 15) is 20.5 Å². The van der Waals surface area contributed by atoms with Crippen molar-refractivity contribution in [1.82, 2.24) is 0 Å². The Hall–Kier alpha value is -3.64. The van der Waals surface area contributed by atoms with Gasteiger partial charge in [0.2, 0.25) is 0 Å². The van der Waals surface area contributed by atoms with Crippen LogP contribution in [0.4, 0.5) is 5.69 Å². The summed E-state index contributed by atoms with van der Waals surface area (Å²) in [6, 6.07) is 14.3. The van der Waals surface area contributed by atoms with Crippen molar-refractivity contribution in [3.63, 3.8) is 0 Å². The van der Waals surface area contributed by atoms with E-state index < -0.39 is 16.4 Å². The number of phenols is 1. The SMILES string of the molecule is N#C/C(=C/c1ccc(O)c([N+](=O)[O-])c1)c1ccc(C#N)cc1. The molecule has 2 rings (SSSR count). The van der Waals surface area contributed by atoms with Gasteiger partial charge >= 0.3 is 5.69 Å². The predicted molar refractivity (Wildman–Crippen MR) is 79.4 cm³/mol. The number of nitriles is 2. The third-order valence-electron chi connectivity index (χ3n) is 2.95. The van der Waals surface area contributed by atoms with Gasteiger partial charge in [0.15, 0.2) is 5.75 Å². The Kier molecular flexibility index (Phi) is 4.17. The molecule has 106 valence electrons. The van der Waals surface area contributed by atoms with Gasteiger partial charge in [-0.25, -0.2) is 0 Å². The average Bonchev–Trinajstić information content (AvgIpc) is 2.54. The van der Waals surface area contributed by atoms with Crippen molar-refractivity contribution in [2.75, 3.05) is 0 Å². The molecule has 0 unspecified atom stereocenters. The molecule has 0 fully saturated rings. The summed E-state index contributed by atoms with van der Waals surface area (Å²) in [5.74, 6) is -0.431. The topological polar surface area (TPSA) is 111 Å². The minimum Gasteiger partial charge on any atom is -0.502 e. The number of phenolic OH excluding ortho intramolecular Hbond substituents is 1. The zero-order chi connectivity index (χ0) is 16.1. The highest BCUT2D eigenvalue weighted by atomic mass is 16.6. The molecule has 0 bridgehead atoms. The van der Waals surface area contributed by atoms with Crippen LogP contribution in [0, 0.1) is 32.8 Å². The van der Waals surface area contributed by atoms with Crippen molar-refractivity contribution in [3.8, 4) is 17.9 Å². The predicted octanol–water partition coefficient (Wildman–Crippen LogP) is 3.24. The van der Waals surface area contributed by atoms with E-state index in [0.29, 0.717) is 22.3 Å². The van der Waals surface area contributed by atoms with E-state index in [2.05, 4.69) is 0 Å². The van der Waals surface area contributed by atoms with E-state index in [4.69, 9.17) is 5.26 Å². The number of nitro groups is 1. The van der Waals surface area contributed by atoms with E-state index in [0.717, 1.165) is 0 Å². The Balaban J connectivity index is 2.45. The molecule has 0 aliphatic heterocycles. The fraction of sp³-hybridized carbons (Fsp3) is 0. The molecule has 0 aliphatic rings. The number of rotatable bonds is 3. The first-order valence-corrected chi connectivity index (χ1v) is 6.15. The fourth-order valence-electron chi connectivity index (χ4n) is 1.85. The van der Waals surface area contributed by atoms with Crippen LogP contribution in [0.5, 0.6) is 5.75 Å². The van der Waals surface area contributed by atoms with Crippen LogP contribution in [0.25, 0.3) is 11.6 Å². The second-order valence-electron chi connectivity index (χ2n) is 4.36. The molecule has 0 heterocycles. The van der Waals surface area contributed by atoms with E-state index in [-0.39, 0.29) is 0 Å². The van der Waals surface area contributed by atoms with Crippen LogP contribution in [0.2, 0.25) is 0 Å². The molecular formula is C16H9N3O3. The summed E-state index contributed by atoms with van der Waals surface area (Å²) in [6.07, 6.45) is 1.48. The van der Waals surface area contributed by atoms with E-state index >= 15 is 0 Å². The fourth-order valence-corrected chi connectivity index (χ4v) is 1.85. The van der Waals surface area contributed by atoms with Crippen molar-refractivity contribution in [2.24, 2.45) is 0 Å². The Morgan fingerprint density at radius 1 is 1.18 bits per heavy atom. The number of allylic oxidation sites excluding steroid dienone is 1. The van der Waals surface area contributed by atoms with Gasteiger partial charge in [0.25, 0.3) is 0 Å². The van der Waals surface area contributed by atoms with Crippen LogP contribution in [0.15, 0.2) is 42.5 Å². The van der Waals surface area contributed by atoms with E-state index in [1.807, 2.05) is 12.1 Å². The molecule has 0 atom stereocenters. The first kappa shape index (κ1) is 14.8. The largest absolute Gasteiger partial charge is 0.502 e. The lowest BCUT2D eigenvalue weighted by Crippen LogP contribution is -1.89. The van der Waals surface area contributed by atoms with Gasteiger partial charge < -0.3 is 5.11 Å². The maximum atomic E-state index is 10.8. The van der Waals surface area contributed by atoms with Crippen LogP contribution < -0.4 is 0 Å². The molecule has 22 heavy (non-hydrogen) atoms. The van der Waals surface area contributed by atoms with Gasteiger partial charge in [0.1, 0.15) is 0 Å². The Bertz CT molecular complexity index is 840. The second-order valence-corrected chi connectivity index (χ2v) is 4.36. The smallest absolute Gasteiger partial charge is 0.311 e. The summed E-state index contributed by atoms with van der Waals surface area (Å²) in [5, 5.41) is 38.2. The first-order valence-electron chi connectivity index (χ1n) is 6.15. The monoisotopic (exact) mass is 291 g/mol. The summed E-state index contributed by atoms with van der Waals surface area (Å²) >= 11 is 0. The molecule has 2 aromatic rings. The molecule has 0 saturated carbocycles. The third-order valence-corrected chi connectivity index (χ3v) is 2.95. The normalized spacial score (nSPS) is 10.5. The standard InChI is InChI=1S/C16H9N3O3/c17-9-11-1-4-13(5-2-11)14(10-18)7-12-3-6-16(20)15(8-12)19(21)22/h1-8,20H/b14-7-. The number of hydrogen-bond acceptors (Lipinski definition) is 5. The maximum absolute atomic E-state index is 10.8. The average molecular weight is 291 g/mol. The van der Waals surface area contributed by atoms with Crippen molar-refractivity contribution >= 4 is 17.3 Å². The minimum absolute atomic E-state index is 0.296. The molecule has 0 saturated heterocycles. The van der Waals surface area contributed by atoms with Gasteiger partial charge in [-0.1, -0.05) is 18.2 Å². The molecule has 1 N–H and O–H groups in total. The quantitative estimate of drug-likeness (QED) is 0.404. The molecule has 0 aromatic heterocycles. The van der Waals surface area contributed by atoms with Crippen LogP contribution in [-0.4, -0.2) is 10.0 Å². The summed E-state index contributed by atoms with van der Waals surface area (Å²) in [4.78, 5) is 10.1. The van der Waals surface area contributed by atoms with Crippen molar-refractivity contribution in [3.05, 3.63) is 69.3 Å². The lowest BCUT2D eigenvalue weighted by atomic mass is 10.0. The van der Waals surface area contributed by atoms with Crippen LogP contribution >= 0.6 is 0 Å². The van der Waals surface area contributed by atoms with Crippen molar-refractivity contribution < 1.29 is 10.0 Å². The minimum atomic E-state index is -0.694. The van der Waals surface area contributed by atoms with E-state index in [1.54, 1.807) is 24.3 Å². The summed E-state index contributed by atoms with van der Waals surface area (Å²) in [5.41, 5.74) is 1.36. The highest BCUT2D eigenvalue weighted by Gasteiger charge is 2.13. The van der Waals surface area contributed by atoms with Crippen LogP contribution in [0.1, 0.15) is 16.7 Å². The van der Waals surface area contributed by atoms with Gasteiger partial charge in [-0.05, 0) is 35.4 Å². The Morgan fingerprint density at radius 3 is 2.41 bits per heavy atom. The molecular weight excluding hydrogens is 282 g/mol. The lowest BCUT2D eigenvalue weighted by molar-refractivity contribution is -0.385. The van der Waals surface area contributed by atoms with Gasteiger partial charge in [0, 0.05) is 6.07 Å². The van der Waals surface area contributed by atoms with Gasteiger partial charge in [0.05, 0.1) is 28.2 Å². The summed E-state index contributed by atoms with van der Waals surface area (Å²) < 4.78 is 0. The van der Waals surface area contributed by atoms with Crippen LogP contribution in [-0.2, 0) is 0 Å². The Labute approximate surface area is 125 Å². The Morgan fingerprint density at radius 2 is 1.86 bits per heavy atom. The molecule has 2 aromatic carbocycles. The zero-order valence-electron chi connectivity index (χ0n) is 11.2. The third kappa shape index (κ3) is 3.09. The van der Waals surface area contributed by atoms with E-state index in [1.165, 1.54) is 24.3 Å². The number of benzene rings is 2. The number of aromatic hydroxyl groups is 1. The van der Waals surface area contributed by atoms with Gasteiger partial charge in [-0.15, -0.1) is 0 Å². The van der Waals surface area contributed by atoms with Crippen molar-refractivity contribution in [1.29, 1.82) is 10.5 Å². The molecule has 6 heteroatoms. The van der Waals surface area contributed by atoms with Gasteiger partial charge in [-0.2, -0.15) is 10.5 Å². The maximum Gasteiger partial charge on any atom is 0.311 e.